The van der Waals surface area contributed by atoms with Gasteiger partial charge in [0.1, 0.15) is 0 Å². The molecule has 4 heteroatoms. The van der Waals surface area contributed by atoms with Crippen molar-refractivity contribution in [2.75, 3.05) is 20.1 Å². The van der Waals surface area contributed by atoms with Crippen molar-refractivity contribution in [3.63, 3.8) is 0 Å². The lowest BCUT2D eigenvalue weighted by Gasteiger charge is -2.29. The number of hydrogen-bond acceptors (Lipinski definition) is 3. The number of nitrogens with two attached hydrogens (primary N) is 1. The molecule has 1 amide bonds. The maximum Gasteiger partial charge on any atom is 0.221 e. The van der Waals surface area contributed by atoms with E-state index in [0.29, 0.717) is 19.0 Å². The Morgan fingerprint density at radius 2 is 2.43 bits per heavy atom. The maximum atomic E-state index is 11.3. The fourth-order valence-corrected chi connectivity index (χ4v) is 2.15. The molecule has 0 radical (unpaired) electrons. The molecule has 1 heterocycles. The van der Waals surface area contributed by atoms with Gasteiger partial charge in [-0.3, -0.25) is 9.69 Å². The quantitative estimate of drug-likeness (QED) is 0.666. The van der Waals surface area contributed by atoms with Gasteiger partial charge < -0.3 is 11.1 Å². The molecule has 0 bridgehead atoms. The first kappa shape index (κ1) is 11.5. The van der Waals surface area contributed by atoms with Crippen molar-refractivity contribution in [3.05, 3.63) is 0 Å². The lowest BCUT2D eigenvalue weighted by molar-refractivity contribution is -0.121. The second-order valence-electron chi connectivity index (χ2n) is 4.00. The summed E-state index contributed by atoms with van der Waals surface area (Å²) < 4.78 is 0. The van der Waals surface area contributed by atoms with Gasteiger partial charge in [-0.25, -0.2) is 0 Å². The van der Waals surface area contributed by atoms with E-state index in [4.69, 9.17) is 5.73 Å². The van der Waals surface area contributed by atoms with Gasteiger partial charge in [0.25, 0.3) is 0 Å². The van der Waals surface area contributed by atoms with E-state index in [1.165, 1.54) is 12.8 Å². The maximum absolute atomic E-state index is 11.3. The Bertz CT molecular complexity index is 196. The van der Waals surface area contributed by atoms with Crippen LogP contribution in [0.3, 0.4) is 0 Å². The fourth-order valence-electron chi connectivity index (χ4n) is 2.15. The monoisotopic (exact) mass is 199 g/mol. The van der Waals surface area contributed by atoms with Gasteiger partial charge in [-0.05, 0) is 26.3 Å². The zero-order valence-corrected chi connectivity index (χ0v) is 9.12. The van der Waals surface area contributed by atoms with Crippen LogP contribution in [0.15, 0.2) is 0 Å². The Labute approximate surface area is 85.8 Å². The van der Waals surface area contributed by atoms with Gasteiger partial charge in [-0.15, -0.1) is 0 Å². The van der Waals surface area contributed by atoms with Crippen LogP contribution in [0.25, 0.3) is 0 Å². The molecular formula is C10H21N3O. The number of amides is 1. The molecule has 0 saturated carbocycles. The minimum atomic E-state index is 0.0829. The summed E-state index contributed by atoms with van der Waals surface area (Å²) in [6.07, 6.45) is 2.98. The minimum Gasteiger partial charge on any atom is -0.359 e. The highest BCUT2D eigenvalue weighted by atomic mass is 16.1. The van der Waals surface area contributed by atoms with Crippen LogP contribution in [0.5, 0.6) is 0 Å². The smallest absolute Gasteiger partial charge is 0.221 e. The summed E-state index contributed by atoms with van der Waals surface area (Å²) in [6, 6.07) is 0.792. The number of carbonyl (C=O) groups is 1. The van der Waals surface area contributed by atoms with E-state index in [0.717, 1.165) is 6.54 Å². The number of rotatable bonds is 4. The van der Waals surface area contributed by atoms with Crippen LogP contribution in [0.1, 0.15) is 26.2 Å². The van der Waals surface area contributed by atoms with Crippen LogP contribution in [0, 0.1) is 0 Å². The highest BCUT2D eigenvalue weighted by Crippen LogP contribution is 2.20. The summed E-state index contributed by atoms with van der Waals surface area (Å²) in [5.41, 5.74) is 5.70. The van der Waals surface area contributed by atoms with Crippen LogP contribution in [0.2, 0.25) is 0 Å². The van der Waals surface area contributed by atoms with Crippen molar-refractivity contribution < 1.29 is 4.79 Å². The van der Waals surface area contributed by atoms with Crippen molar-refractivity contribution in [2.45, 2.75) is 38.3 Å². The standard InChI is InChI=1S/C10H21N3O/c1-8-4-3-5-13(8)9(7-11)6-10(14)12-2/h8-9H,3-7,11H2,1-2H3,(H,12,14). The molecule has 4 nitrogen and oxygen atoms in total. The SMILES string of the molecule is CNC(=O)CC(CN)N1CCCC1C. The average Bonchev–Trinajstić information content (AvgIpc) is 2.60. The predicted octanol–water partition coefficient (Wildman–Crippen LogP) is -0.0659. The van der Waals surface area contributed by atoms with Gasteiger partial charge in [0, 0.05) is 32.1 Å². The minimum absolute atomic E-state index is 0.0829. The first-order chi connectivity index (χ1) is 6.69. The van der Waals surface area contributed by atoms with Gasteiger partial charge in [-0.2, -0.15) is 0 Å². The van der Waals surface area contributed by atoms with E-state index in [9.17, 15) is 4.79 Å². The van der Waals surface area contributed by atoms with Crippen molar-refractivity contribution in [3.8, 4) is 0 Å². The zero-order chi connectivity index (χ0) is 10.6. The van der Waals surface area contributed by atoms with E-state index in [1.54, 1.807) is 7.05 Å². The van der Waals surface area contributed by atoms with Gasteiger partial charge >= 0.3 is 0 Å². The fraction of sp³-hybridized carbons (Fsp3) is 0.900. The summed E-state index contributed by atoms with van der Waals surface area (Å²) in [5.74, 6) is 0.0829. The molecule has 82 valence electrons. The molecule has 0 spiro atoms. The van der Waals surface area contributed by atoms with Gasteiger partial charge in [-0.1, -0.05) is 0 Å². The normalized spacial score (nSPS) is 24.9. The third-order valence-electron chi connectivity index (χ3n) is 3.05. The van der Waals surface area contributed by atoms with Crippen LogP contribution in [-0.4, -0.2) is 43.0 Å². The zero-order valence-electron chi connectivity index (χ0n) is 9.12. The van der Waals surface area contributed by atoms with E-state index in [-0.39, 0.29) is 11.9 Å². The molecule has 1 aliphatic rings. The molecule has 1 fully saturated rings. The summed E-state index contributed by atoms with van der Waals surface area (Å²) in [7, 11) is 1.67. The molecule has 1 saturated heterocycles. The highest BCUT2D eigenvalue weighted by molar-refractivity contribution is 5.76. The number of nitrogens with zero attached hydrogens (tertiary/aromatic N) is 1. The van der Waals surface area contributed by atoms with Gasteiger partial charge in [0.15, 0.2) is 0 Å². The van der Waals surface area contributed by atoms with Crippen molar-refractivity contribution in [1.82, 2.24) is 10.2 Å². The number of likely N-dealkylation sites (tertiary alicyclic amines) is 1. The Kier molecular flexibility index (Phi) is 4.35. The topological polar surface area (TPSA) is 58.4 Å². The molecule has 14 heavy (non-hydrogen) atoms. The molecule has 0 aromatic carbocycles. The van der Waals surface area contributed by atoms with Crippen molar-refractivity contribution in [1.29, 1.82) is 0 Å². The van der Waals surface area contributed by atoms with Crippen LogP contribution in [-0.2, 0) is 4.79 Å². The predicted molar refractivity (Wildman–Crippen MR) is 56.9 cm³/mol. The van der Waals surface area contributed by atoms with Gasteiger partial charge in [0.05, 0.1) is 0 Å². The molecule has 2 atom stereocenters. The van der Waals surface area contributed by atoms with Crippen molar-refractivity contribution in [2.24, 2.45) is 5.73 Å². The summed E-state index contributed by atoms with van der Waals surface area (Å²) in [5, 5.41) is 2.65. The first-order valence-electron chi connectivity index (χ1n) is 5.35. The highest BCUT2D eigenvalue weighted by Gasteiger charge is 2.27. The van der Waals surface area contributed by atoms with E-state index < -0.39 is 0 Å². The van der Waals surface area contributed by atoms with Gasteiger partial charge in [0.2, 0.25) is 5.91 Å². The molecule has 0 aromatic rings. The van der Waals surface area contributed by atoms with Crippen molar-refractivity contribution >= 4 is 5.91 Å². The lowest BCUT2D eigenvalue weighted by atomic mass is 10.1. The Morgan fingerprint density at radius 1 is 1.71 bits per heavy atom. The number of hydrogen-bond donors (Lipinski definition) is 2. The Balaban J connectivity index is 2.48. The number of nitrogens with one attached hydrogen (secondary N) is 1. The molecular weight excluding hydrogens is 178 g/mol. The molecule has 0 aliphatic carbocycles. The summed E-state index contributed by atoms with van der Waals surface area (Å²) in [4.78, 5) is 13.6. The average molecular weight is 199 g/mol. The second kappa shape index (κ2) is 5.32. The van der Waals surface area contributed by atoms with Crippen LogP contribution < -0.4 is 11.1 Å². The van der Waals surface area contributed by atoms with Crippen LogP contribution >= 0.6 is 0 Å². The summed E-state index contributed by atoms with van der Waals surface area (Å²) in [6.45, 7) is 3.86. The second-order valence-corrected chi connectivity index (χ2v) is 4.00. The summed E-state index contributed by atoms with van der Waals surface area (Å²) >= 11 is 0. The van der Waals surface area contributed by atoms with E-state index >= 15 is 0 Å². The largest absolute Gasteiger partial charge is 0.359 e. The molecule has 2 unspecified atom stereocenters. The Morgan fingerprint density at radius 3 is 2.86 bits per heavy atom. The first-order valence-corrected chi connectivity index (χ1v) is 5.35. The van der Waals surface area contributed by atoms with E-state index in [2.05, 4.69) is 17.1 Å². The molecule has 1 aliphatic heterocycles. The third-order valence-corrected chi connectivity index (χ3v) is 3.05. The Hall–Kier alpha value is -0.610. The number of carbonyl (C=O) groups excluding carboxylic acids is 1. The lowest BCUT2D eigenvalue weighted by Crippen LogP contribution is -2.45. The van der Waals surface area contributed by atoms with Crippen LogP contribution in [0.4, 0.5) is 0 Å². The van der Waals surface area contributed by atoms with E-state index in [1.807, 2.05) is 0 Å². The molecule has 0 aromatic heterocycles. The molecule has 1 rings (SSSR count). The third kappa shape index (κ3) is 2.69. The molecule has 3 N–H and O–H groups in total.